The fourth-order valence-corrected chi connectivity index (χ4v) is 4.03. The minimum absolute atomic E-state index is 0.0267. The lowest BCUT2D eigenvalue weighted by molar-refractivity contribution is 0.0323. The molecule has 0 spiro atoms. The van der Waals surface area contributed by atoms with Gasteiger partial charge in [0.15, 0.2) is 0 Å². The van der Waals surface area contributed by atoms with E-state index in [0.29, 0.717) is 30.4 Å². The minimum atomic E-state index is -0.561. The first-order valence-corrected chi connectivity index (χ1v) is 12.3. The van der Waals surface area contributed by atoms with E-state index in [0.717, 1.165) is 17.0 Å². The molecule has 1 atom stereocenters. The van der Waals surface area contributed by atoms with E-state index in [2.05, 4.69) is 5.32 Å². The molecule has 1 aromatic heterocycles. The molecule has 0 saturated heterocycles. The van der Waals surface area contributed by atoms with E-state index in [-0.39, 0.29) is 17.6 Å². The maximum absolute atomic E-state index is 12.5. The third kappa shape index (κ3) is 6.47. The Morgan fingerprint density at radius 3 is 2.42 bits per heavy atom. The summed E-state index contributed by atoms with van der Waals surface area (Å²) in [6, 6.07) is 16.9. The Morgan fingerprint density at radius 1 is 1.03 bits per heavy atom. The number of aromatic nitrogens is 2. The lowest BCUT2D eigenvalue weighted by Gasteiger charge is -2.29. The molecule has 1 unspecified atom stereocenters. The number of hydrogen-bond acceptors (Lipinski definition) is 8. The number of anilines is 2. The predicted molar refractivity (Wildman–Crippen MR) is 145 cm³/mol. The molecule has 0 radical (unpaired) electrons. The molecular formula is C29H32N4O5. The SMILES string of the molecule is COC(=O)c1cc(Nc2nc(-c3ccccc3)cc(C3C=CN(C(=O)OC(C)(C)C)CC3)n2)ccc1OC. The van der Waals surface area contributed by atoms with E-state index in [9.17, 15) is 9.59 Å². The zero-order valence-electron chi connectivity index (χ0n) is 22.2. The molecular weight excluding hydrogens is 484 g/mol. The number of amides is 1. The first-order chi connectivity index (χ1) is 18.2. The first kappa shape index (κ1) is 26.7. The van der Waals surface area contributed by atoms with Gasteiger partial charge in [0.2, 0.25) is 5.95 Å². The molecule has 0 aliphatic carbocycles. The molecule has 2 aromatic carbocycles. The van der Waals surface area contributed by atoms with Gasteiger partial charge in [0.1, 0.15) is 16.9 Å². The fraction of sp³-hybridized carbons (Fsp3) is 0.310. The van der Waals surface area contributed by atoms with Gasteiger partial charge in [0.25, 0.3) is 0 Å². The summed E-state index contributed by atoms with van der Waals surface area (Å²) in [5.74, 6) is 0.252. The van der Waals surface area contributed by atoms with Gasteiger partial charge in [-0.3, -0.25) is 4.90 Å². The normalized spacial score (nSPS) is 15.1. The number of esters is 1. The van der Waals surface area contributed by atoms with E-state index in [4.69, 9.17) is 24.2 Å². The number of allylic oxidation sites excluding steroid dienone is 1. The molecule has 198 valence electrons. The lowest BCUT2D eigenvalue weighted by atomic mass is 9.97. The summed E-state index contributed by atoms with van der Waals surface area (Å²) >= 11 is 0. The van der Waals surface area contributed by atoms with Crippen LogP contribution in [0.25, 0.3) is 11.3 Å². The highest BCUT2D eigenvalue weighted by molar-refractivity contribution is 5.93. The summed E-state index contributed by atoms with van der Waals surface area (Å²) in [4.78, 5) is 35.8. The molecule has 9 nitrogen and oxygen atoms in total. The molecule has 9 heteroatoms. The Bertz CT molecular complexity index is 1330. The maximum atomic E-state index is 12.5. The molecule has 4 rings (SSSR count). The summed E-state index contributed by atoms with van der Waals surface area (Å²) in [5, 5.41) is 3.22. The van der Waals surface area contributed by atoms with Crippen molar-refractivity contribution in [1.29, 1.82) is 0 Å². The van der Waals surface area contributed by atoms with Gasteiger partial charge in [0.05, 0.1) is 25.6 Å². The Labute approximate surface area is 222 Å². The van der Waals surface area contributed by atoms with Crippen LogP contribution in [0.15, 0.2) is 66.9 Å². The molecule has 1 amide bonds. The van der Waals surface area contributed by atoms with Gasteiger partial charge in [-0.1, -0.05) is 36.4 Å². The number of hydrogen-bond donors (Lipinski definition) is 1. The van der Waals surface area contributed by atoms with Gasteiger partial charge in [-0.2, -0.15) is 0 Å². The zero-order chi connectivity index (χ0) is 27.3. The Morgan fingerprint density at radius 2 is 1.79 bits per heavy atom. The molecule has 0 saturated carbocycles. The number of benzene rings is 2. The quantitative estimate of drug-likeness (QED) is 0.403. The number of ether oxygens (including phenoxy) is 3. The molecule has 2 heterocycles. The highest BCUT2D eigenvalue weighted by atomic mass is 16.6. The number of nitrogens with one attached hydrogen (secondary N) is 1. The van der Waals surface area contributed by atoms with Crippen LogP contribution < -0.4 is 10.1 Å². The molecule has 0 bridgehead atoms. The van der Waals surface area contributed by atoms with Crippen LogP contribution in [-0.2, 0) is 9.47 Å². The number of methoxy groups -OCH3 is 2. The summed E-state index contributed by atoms with van der Waals surface area (Å²) in [5.41, 5.74) is 2.84. The summed E-state index contributed by atoms with van der Waals surface area (Å²) in [6.45, 7) is 6.04. The minimum Gasteiger partial charge on any atom is -0.496 e. The van der Waals surface area contributed by atoms with Crippen molar-refractivity contribution in [2.45, 2.75) is 38.7 Å². The topological polar surface area (TPSA) is 103 Å². The molecule has 1 aliphatic rings. The standard InChI is InChI=1S/C29H32N4O5/c1-29(2,3)38-28(35)33-15-13-20(14-16-33)24-18-23(19-9-7-6-8-10-19)31-27(32-24)30-21-11-12-25(36-4)22(17-21)26(34)37-5/h6-13,15,17-18,20H,14,16H2,1-5H3,(H,30,31,32). The molecule has 1 N–H and O–H groups in total. The number of rotatable bonds is 6. The number of nitrogens with zero attached hydrogens (tertiary/aromatic N) is 3. The van der Waals surface area contributed by atoms with Crippen molar-refractivity contribution in [3.63, 3.8) is 0 Å². The van der Waals surface area contributed by atoms with Gasteiger partial charge < -0.3 is 19.5 Å². The average Bonchev–Trinajstić information content (AvgIpc) is 2.92. The predicted octanol–water partition coefficient (Wildman–Crippen LogP) is 5.92. The first-order valence-electron chi connectivity index (χ1n) is 12.3. The van der Waals surface area contributed by atoms with Crippen molar-refractivity contribution in [1.82, 2.24) is 14.9 Å². The lowest BCUT2D eigenvalue weighted by Crippen LogP contribution is -2.36. The van der Waals surface area contributed by atoms with Crippen LogP contribution in [0.3, 0.4) is 0 Å². The highest BCUT2D eigenvalue weighted by Crippen LogP contribution is 2.30. The second-order valence-electron chi connectivity index (χ2n) is 9.81. The van der Waals surface area contributed by atoms with E-state index in [1.807, 2.05) is 63.2 Å². The smallest absolute Gasteiger partial charge is 0.414 e. The number of carbonyl (C=O) groups is 2. The van der Waals surface area contributed by atoms with Crippen molar-refractivity contribution in [3.05, 3.63) is 78.1 Å². The van der Waals surface area contributed by atoms with Crippen LogP contribution >= 0.6 is 0 Å². The van der Waals surface area contributed by atoms with E-state index >= 15 is 0 Å². The van der Waals surface area contributed by atoms with Crippen molar-refractivity contribution >= 4 is 23.7 Å². The summed E-state index contributed by atoms with van der Waals surface area (Å²) in [6.07, 6.45) is 4.02. The Kier molecular flexibility index (Phi) is 7.95. The third-order valence-corrected chi connectivity index (χ3v) is 5.86. The van der Waals surface area contributed by atoms with Gasteiger partial charge >= 0.3 is 12.1 Å². The van der Waals surface area contributed by atoms with Crippen molar-refractivity contribution in [3.8, 4) is 17.0 Å². The third-order valence-electron chi connectivity index (χ3n) is 5.86. The Hall–Kier alpha value is -4.40. The van der Waals surface area contributed by atoms with E-state index in [1.165, 1.54) is 14.2 Å². The monoisotopic (exact) mass is 516 g/mol. The number of carbonyl (C=O) groups excluding carboxylic acids is 2. The second-order valence-corrected chi connectivity index (χ2v) is 9.81. The molecule has 38 heavy (non-hydrogen) atoms. The summed E-state index contributed by atoms with van der Waals surface area (Å²) < 4.78 is 15.7. The van der Waals surface area contributed by atoms with Crippen molar-refractivity contribution in [2.75, 3.05) is 26.1 Å². The van der Waals surface area contributed by atoms with Gasteiger partial charge in [-0.05, 0) is 51.5 Å². The van der Waals surface area contributed by atoms with Gasteiger partial charge in [-0.25, -0.2) is 19.6 Å². The van der Waals surface area contributed by atoms with Gasteiger partial charge in [0, 0.05) is 29.9 Å². The fourth-order valence-electron chi connectivity index (χ4n) is 4.03. The van der Waals surface area contributed by atoms with Crippen LogP contribution in [0, 0.1) is 0 Å². The Balaban J connectivity index is 1.65. The van der Waals surface area contributed by atoms with E-state index < -0.39 is 11.6 Å². The van der Waals surface area contributed by atoms with Crippen molar-refractivity contribution < 1.29 is 23.8 Å². The zero-order valence-corrected chi connectivity index (χ0v) is 22.2. The van der Waals surface area contributed by atoms with Crippen LogP contribution in [0.4, 0.5) is 16.4 Å². The second kappa shape index (κ2) is 11.3. The average molecular weight is 517 g/mol. The maximum Gasteiger partial charge on any atom is 0.414 e. The van der Waals surface area contributed by atoms with Crippen LogP contribution in [0.2, 0.25) is 0 Å². The summed E-state index contributed by atoms with van der Waals surface area (Å²) in [7, 11) is 2.82. The molecule has 3 aromatic rings. The van der Waals surface area contributed by atoms with Gasteiger partial charge in [-0.15, -0.1) is 0 Å². The van der Waals surface area contributed by atoms with Crippen LogP contribution in [0.1, 0.15) is 49.2 Å². The highest BCUT2D eigenvalue weighted by Gasteiger charge is 2.25. The largest absolute Gasteiger partial charge is 0.496 e. The molecule has 1 aliphatic heterocycles. The molecule has 0 fully saturated rings. The van der Waals surface area contributed by atoms with Crippen molar-refractivity contribution in [2.24, 2.45) is 0 Å². The van der Waals surface area contributed by atoms with E-state index in [1.54, 1.807) is 29.3 Å². The van der Waals surface area contributed by atoms with Crippen LogP contribution in [-0.4, -0.2) is 53.3 Å². The van der Waals surface area contributed by atoms with Crippen LogP contribution in [0.5, 0.6) is 5.75 Å².